The van der Waals surface area contributed by atoms with Gasteiger partial charge in [-0.1, -0.05) is 6.42 Å². The van der Waals surface area contributed by atoms with E-state index in [1.54, 1.807) is 0 Å². The highest BCUT2D eigenvalue weighted by Gasteiger charge is 2.43. The maximum Gasteiger partial charge on any atom is 0.451 e. The molecule has 0 aliphatic carbocycles. The molecule has 2 aliphatic rings. The lowest BCUT2D eigenvalue weighted by molar-refractivity contribution is 0.343. The van der Waals surface area contributed by atoms with Crippen molar-refractivity contribution >= 4 is 18.5 Å². The molecule has 28 heavy (non-hydrogen) atoms. The van der Waals surface area contributed by atoms with E-state index in [0.717, 1.165) is 32.4 Å². The van der Waals surface area contributed by atoms with Gasteiger partial charge in [0, 0.05) is 31.2 Å². The molecule has 0 spiro atoms. The molecule has 8 nitrogen and oxygen atoms in total. The molecule has 0 unspecified atom stereocenters. The first-order valence-corrected chi connectivity index (χ1v) is 10.5. The van der Waals surface area contributed by atoms with E-state index >= 15 is 0 Å². The Hall–Kier alpha value is -1.42. The minimum Gasteiger partial charge on any atom is -0.427 e. The van der Waals surface area contributed by atoms with Gasteiger partial charge in [0.15, 0.2) is 0 Å². The van der Waals surface area contributed by atoms with Crippen molar-refractivity contribution in [2.75, 3.05) is 42.5 Å². The Morgan fingerprint density at radius 2 is 1.96 bits per heavy atom. The molecular weight excluding hydrogens is 359 g/mol. The molecule has 3 rings (SSSR count). The average molecular weight is 392 g/mol. The van der Waals surface area contributed by atoms with Crippen LogP contribution in [0.3, 0.4) is 0 Å². The van der Waals surface area contributed by atoms with E-state index < -0.39 is 18.1 Å². The van der Waals surface area contributed by atoms with Crippen LogP contribution in [0.1, 0.15) is 39.5 Å². The van der Waals surface area contributed by atoms with Gasteiger partial charge in [-0.15, -0.1) is 0 Å². The second-order valence-electron chi connectivity index (χ2n) is 8.62. The Morgan fingerprint density at radius 1 is 1.29 bits per heavy atom. The third kappa shape index (κ3) is 4.12. The molecule has 2 heterocycles. The molecule has 2 atom stereocenters. The van der Waals surface area contributed by atoms with Crippen LogP contribution in [0.2, 0.25) is 6.32 Å². The summed E-state index contributed by atoms with van der Waals surface area (Å²) in [5, 5.41) is 21.5. The second kappa shape index (κ2) is 8.53. The highest BCUT2D eigenvalue weighted by molar-refractivity contribution is 6.40. The Balaban J connectivity index is 1.78. The highest BCUT2D eigenvalue weighted by atomic mass is 16.4. The van der Waals surface area contributed by atoms with Crippen molar-refractivity contribution in [1.82, 2.24) is 5.32 Å². The Labute approximate surface area is 166 Å². The third-order valence-electron chi connectivity index (χ3n) is 6.47. The van der Waals surface area contributed by atoms with Gasteiger partial charge in [-0.25, -0.2) is 0 Å². The summed E-state index contributed by atoms with van der Waals surface area (Å²) in [4.78, 5) is 29.1. The number of hydrogen-bond donors (Lipinski definition) is 4. The maximum atomic E-state index is 12.5. The van der Waals surface area contributed by atoms with E-state index in [9.17, 15) is 9.59 Å². The van der Waals surface area contributed by atoms with Crippen LogP contribution in [0.15, 0.2) is 9.59 Å². The summed E-state index contributed by atoms with van der Waals surface area (Å²) in [7, 11) is -1.30. The van der Waals surface area contributed by atoms with E-state index in [-0.39, 0.29) is 17.4 Å². The van der Waals surface area contributed by atoms with Gasteiger partial charge in [-0.3, -0.25) is 9.59 Å². The zero-order valence-electron chi connectivity index (χ0n) is 17.0. The largest absolute Gasteiger partial charge is 0.451 e. The molecule has 0 bridgehead atoms. The van der Waals surface area contributed by atoms with Crippen molar-refractivity contribution in [1.29, 1.82) is 0 Å². The molecular formula is C19H33BN4O4. The smallest absolute Gasteiger partial charge is 0.427 e. The van der Waals surface area contributed by atoms with Crippen molar-refractivity contribution in [3.8, 4) is 0 Å². The van der Waals surface area contributed by atoms with Crippen LogP contribution in [-0.4, -0.2) is 61.5 Å². The fraction of sp³-hybridized carbons (Fsp3) is 0.789. The summed E-state index contributed by atoms with van der Waals surface area (Å²) in [6.07, 6.45) is 3.67. The molecule has 1 aromatic carbocycles. The fourth-order valence-electron chi connectivity index (χ4n) is 4.86. The van der Waals surface area contributed by atoms with E-state index in [2.05, 4.69) is 10.2 Å². The summed E-state index contributed by atoms with van der Waals surface area (Å²) in [5.74, 6) is 0.137. The SMILES string of the molecule is CCN(c1c(N2C[C@H](CCCB(O)O)[C@@](C)(N)C2)c(=O)c1=O)C1CCNCC1. The minimum atomic E-state index is -1.30. The molecule has 2 saturated heterocycles. The van der Waals surface area contributed by atoms with Crippen molar-refractivity contribution in [2.45, 2.75) is 57.4 Å². The maximum absolute atomic E-state index is 12.5. The van der Waals surface area contributed by atoms with Crippen molar-refractivity contribution in [2.24, 2.45) is 11.7 Å². The Bertz CT molecular complexity index is 741. The Morgan fingerprint density at radius 3 is 2.57 bits per heavy atom. The predicted octanol–water partition coefficient (Wildman–Crippen LogP) is -0.732. The Kier molecular flexibility index (Phi) is 6.49. The first-order chi connectivity index (χ1) is 13.3. The van der Waals surface area contributed by atoms with Gasteiger partial charge in [-0.05, 0) is 58.4 Å². The lowest BCUT2D eigenvalue weighted by Gasteiger charge is -2.38. The van der Waals surface area contributed by atoms with E-state index in [4.69, 9.17) is 15.8 Å². The van der Waals surface area contributed by atoms with Crippen LogP contribution >= 0.6 is 0 Å². The number of nitrogens with two attached hydrogens (primary N) is 1. The van der Waals surface area contributed by atoms with Crippen molar-refractivity contribution in [3.05, 3.63) is 20.4 Å². The zero-order valence-corrected chi connectivity index (χ0v) is 17.0. The summed E-state index contributed by atoms with van der Waals surface area (Å²) >= 11 is 0. The van der Waals surface area contributed by atoms with Gasteiger partial charge in [0.2, 0.25) is 0 Å². The molecule has 2 aliphatic heterocycles. The van der Waals surface area contributed by atoms with Gasteiger partial charge in [0.1, 0.15) is 11.4 Å². The lowest BCUT2D eigenvalue weighted by Crippen LogP contribution is -2.52. The van der Waals surface area contributed by atoms with Crippen molar-refractivity contribution < 1.29 is 10.0 Å². The molecule has 0 radical (unpaired) electrons. The normalized spacial score (nSPS) is 26.2. The topological polar surface area (TPSA) is 119 Å². The summed E-state index contributed by atoms with van der Waals surface area (Å²) in [5.41, 5.74) is 6.36. The number of nitrogens with zero attached hydrogens (tertiary/aromatic N) is 2. The summed E-state index contributed by atoms with van der Waals surface area (Å²) in [6.45, 7) is 7.71. The average Bonchev–Trinajstić information content (AvgIpc) is 2.95. The predicted molar refractivity (Wildman–Crippen MR) is 113 cm³/mol. The number of piperidine rings is 1. The van der Waals surface area contributed by atoms with Crippen molar-refractivity contribution in [3.63, 3.8) is 0 Å². The minimum absolute atomic E-state index is 0.137. The van der Waals surface area contributed by atoms with Crippen LogP contribution in [-0.2, 0) is 0 Å². The van der Waals surface area contributed by atoms with Crippen LogP contribution in [0.5, 0.6) is 0 Å². The second-order valence-corrected chi connectivity index (χ2v) is 8.62. The molecule has 5 N–H and O–H groups in total. The fourth-order valence-corrected chi connectivity index (χ4v) is 4.86. The van der Waals surface area contributed by atoms with Crippen LogP contribution in [0.4, 0.5) is 11.4 Å². The molecule has 9 heteroatoms. The number of anilines is 2. The van der Waals surface area contributed by atoms with E-state index in [0.29, 0.717) is 43.8 Å². The van der Waals surface area contributed by atoms with Crippen LogP contribution in [0, 0.1) is 5.92 Å². The summed E-state index contributed by atoms with van der Waals surface area (Å²) < 4.78 is 0. The van der Waals surface area contributed by atoms with Gasteiger partial charge in [0.05, 0.1) is 0 Å². The molecule has 2 fully saturated rings. The van der Waals surface area contributed by atoms with Gasteiger partial charge >= 0.3 is 7.12 Å². The van der Waals surface area contributed by atoms with Gasteiger partial charge < -0.3 is 30.9 Å². The number of nitrogens with one attached hydrogen (secondary N) is 1. The van der Waals surface area contributed by atoms with Gasteiger partial charge in [0.25, 0.3) is 10.9 Å². The molecule has 1 aromatic rings. The van der Waals surface area contributed by atoms with E-state index in [1.807, 2.05) is 18.7 Å². The first kappa shape index (κ1) is 21.3. The first-order valence-electron chi connectivity index (χ1n) is 10.5. The van der Waals surface area contributed by atoms with Gasteiger partial charge in [-0.2, -0.15) is 0 Å². The quantitative estimate of drug-likeness (QED) is 0.338. The zero-order chi connectivity index (χ0) is 20.5. The number of rotatable bonds is 8. The molecule has 0 amide bonds. The third-order valence-corrected chi connectivity index (χ3v) is 6.47. The molecule has 0 saturated carbocycles. The summed E-state index contributed by atoms with van der Waals surface area (Å²) in [6, 6.07) is 0.280. The van der Waals surface area contributed by atoms with Crippen LogP contribution in [0.25, 0.3) is 0 Å². The van der Waals surface area contributed by atoms with Crippen LogP contribution < -0.4 is 31.7 Å². The lowest BCUT2D eigenvalue weighted by atomic mass is 9.79. The number of hydrogen-bond acceptors (Lipinski definition) is 8. The van der Waals surface area contributed by atoms with E-state index in [1.165, 1.54) is 0 Å². The molecule has 156 valence electrons. The monoisotopic (exact) mass is 392 g/mol. The molecule has 0 aromatic heterocycles. The standard InChI is InChI=1S/C19H33BN4O4/c1-3-24(14-6-9-22-10-7-14)16-15(17(25)18(16)26)23-11-13(19(2,21)12-23)5-4-8-20(27)28/h13-14,22,27-28H,3-12,21H2,1-2H3/t13-,19-/m0/s1. The highest BCUT2D eigenvalue weighted by Crippen LogP contribution is 2.36.